The molecule has 0 unspecified atom stereocenters. The molecule has 0 heterocycles. The van der Waals surface area contributed by atoms with Crippen LogP contribution in [0, 0.1) is 5.41 Å². The van der Waals surface area contributed by atoms with E-state index in [1.807, 2.05) is 20.8 Å². The van der Waals surface area contributed by atoms with Gasteiger partial charge in [-0.25, -0.2) is 0 Å². The first-order chi connectivity index (χ1) is 8.34. The molecule has 0 fully saturated rings. The summed E-state index contributed by atoms with van der Waals surface area (Å²) >= 11 is 0. The smallest absolute Gasteiger partial charge is 0.224 e. The van der Waals surface area contributed by atoms with Crippen molar-refractivity contribution >= 4 is 11.6 Å². The highest BCUT2D eigenvalue weighted by atomic mass is 16.5. The van der Waals surface area contributed by atoms with E-state index in [4.69, 9.17) is 9.47 Å². The maximum atomic E-state index is 11.8. The van der Waals surface area contributed by atoms with E-state index >= 15 is 0 Å². The van der Waals surface area contributed by atoms with E-state index < -0.39 is 0 Å². The molecule has 1 N–H and O–H groups in total. The number of hydrogen-bond donors (Lipinski definition) is 1. The zero-order chi connectivity index (χ0) is 13.8. The van der Waals surface area contributed by atoms with E-state index in [-0.39, 0.29) is 11.3 Å². The van der Waals surface area contributed by atoms with Crippen LogP contribution in [0.5, 0.6) is 11.5 Å². The lowest BCUT2D eigenvalue weighted by atomic mass is 9.92. The molecule has 1 rings (SSSR count). The topological polar surface area (TPSA) is 47.6 Å². The van der Waals surface area contributed by atoms with E-state index in [1.54, 1.807) is 32.4 Å². The maximum absolute atomic E-state index is 11.8. The Hall–Kier alpha value is -1.71. The van der Waals surface area contributed by atoms with E-state index in [0.717, 1.165) is 0 Å². The molecular formula is C14H21NO3. The predicted octanol–water partition coefficient (Wildman–Crippen LogP) is 3.08. The van der Waals surface area contributed by atoms with Gasteiger partial charge in [0, 0.05) is 30.3 Å². The van der Waals surface area contributed by atoms with Gasteiger partial charge in [0.25, 0.3) is 0 Å². The molecule has 0 aliphatic carbocycles. The monoisotopic (exact) mass is 251 g/mol. The molecular weight excluding hydrogens is 230 g/mol. The van der Waals surface area contributed by atoms with Crippen LogP contribution in [0.2, 0.25) is 0 Å². The molecule has 0 aliphatic rings. The van der Waals surface area contributed by atoms with Crippen LogP contribution in [0.1, 0.15) is 27.2 Å². The Morgan fingerprint density at radius 3 is 2.00 bits per heavy atom. The number of anilines is 1. The predicted molar refractivity (Wildman–Crippen MR) is 72.2 cm³/mol. The van der Waals surface area contributed by atoms with Gasteiger partial charge in [-0.2, -0.15) is 0 Å². The largest absolute Gasteiger partial charge is 0.497 e. The van der Waals surface area contributed by atoms with Crippen molar-refractivity contribution in [3.8, 4) is 11.5 Å². The molecule has 0 aliphatic heterocycles. The number of methoxy groups -OCH3 is 2. The van der Waals surface area contributed by atoms with Crippen LogP contribution < -0.4 is 14.8 Å². The number of nitrogens with one attached hydrogen (secondary N) is 1. The van der Waals surface area contributed by atoms with E-state index in [1.165, 1.54) is 0 Å². The summed E-state index contributed by atoms with van der Waals surface area (Å²) in [6.07, 6.45) is 0.465. The minimum atomic E-state index is -0.0347. The summed E-state index contributed by atoms with van der Waals surface area (Å²) in [5, 5.41) is 2.85. The summed E-state index contributed by atoms with van der Waals surface area (Å²) in [5.41, 5.74) is 0.646. The fourth-order valence-electron chi connectivity index (χ4n) is 1.57. The second kappa shape index (κ2) is 5.76. The fourth-order valence-corrected chi connectivity index (χ4v) is 1.57. The highest BCUT2D eigenvalue weighted by molar-refractivity contribution is 5.91. The van der Waals surface area contributed by atoms with Crippen LogP contribution in [0.4, 0.5) is 5.69 Å². The van der Waals surface area contributed by atoms with Crippen molar-refractivity contribution in [1.82, 2.24) is 0 Å². The molecule has 0 saturated carbocycles. The molecule has 100 valence electrons. The van der Waals surface area contributed by atoms with Crippen molar-refractivity contribution in [2.24, 2.45) is 5.41 Å². The molecule has 0 saturated heterocycles. The average Bonchev–Trinajstić information content (AvgIpc) is 2.25. The summed E-state index contributed by atoms with van der Waals surface area (Å²) in [6, 6.07) is 5.30. The molecule has 0 bridgehead atoms. The van der Waals surface area contributed by atoms with Gasteiger partial charge in [0.15, 0.2) is 0 Å². The highest BCUT2D eigenvalue weighted by Gasteiger charge is 2.16. The molecule has 4 heteroatoms. The van der Waals surface area contributed by atoms with Gasteiger partial charge in [0.2, 0.25) is 5.91 Å². The van der Waals surface area contributed by atoms with Crippen molar-refractivity contribution < 1.29 is 14.3 Å². The second-order valence-corrected chi connectivity index (χ2v) is 5.39. The zero-order valence-corrected chi connectivity index (χ0v) is 11.7. The Kier molecular flexibility index (Phi) is 4.59. The lowest BCUT2D eigenvalue weighted by Crippen LogP contribution is -2.19. The Morgan fingerprint density at radius 2 is 1.61 bits per heavy atom. The van der Waals surface area contributed by atoms with Crippen molar-refractivity contribution in [2.75, 3.05) is 19.5 Å². The van der Waals surface area contributed by atoms with Crippen molar-refractivity contribution in [2.45, 2.75) is 27.2 Å². The molecule has 0 spiro atoms. The molecule has 0 aromatic heterocycles. The van der Waals surface area contributed by atoms with Gasteiger partial charge >= 0.3 is 0 Å². The molecule has 1 aromatic carbocycles. The summed E-state index contributed by atoms with van der Waals surface area (Å²) < 4.78 is 10.3. The van der Waals surface area contributed by atoms with Crippen molar-refractivity contribution in [1.29, 1.82) is 0 Å². The van der Waals surface area contributed by atoms with E-state index in [2.05, 4.69) is 5.32 Å². The van der Waals surface area contributed by atoms with Crippen LogP contribution in [0.3, 0.4) is 0 Å². The standard InChI is InChI=1S/C14H21NO3/c1-14(2,3)9-13(16)15-10-6-11(17-4)8-12(7-10)18-5/h6-8H,9H2,1-5H3,(H,15,16). The molecule has 0 radical (unpaired) electrons. The molecule has 1 aromatic rings. The van der Waals surface area contributed by atoms with Gasteiger partial charge in [0.05, 0.1) is 14.2 Å². The number of carbonyl (C=O) groups excluding carboxylic acids is 1. The van der Waals surface area contributed by atoms with Gasteiger partial charge in [-0.3, -0.25) is 4.79 Å². The molecule has 0 atom stereocenters. The number of ether oxygens (including phenoxy) is 2. The first kappa shape index (κ1) is 14.4. The van der Waals surface area contributed by atoms with Crippen LogP contribution >= 0.6 is 0 Å². The summed E-state index contributed by atoms with van der Waals surface area (Å²) in [4.78, 5) is 11.8. The first-order valence-electron chi connectivity index (χ1n) is 5.87. The minimum Gasteiger partial charge on any atom is -0.497 e. The summed E-state index contributed by atoms with van der Waals surface area (Å²) in [5.74, 6) is 1.29. The fraction of sp³-hybridized carbons (Fsp3) is 0.500. The number of benzene rings is 1. The van der Waals surface area contributed by atoms with Gasteiger partial charge in [-0.05, 0) is 5.41 Å². The SMILES string of the molecule is COc1cc(NC(=O)CC(C)(C)C)cc(OC)c1. The van der Waals surface area contributed by atoms with Gasteiger partial charge in [0.1, 0.15) is 11.5 Å². The lowest BCUT2D eigenvalue weighted by molar-refractivity contribution is -0.117. The third-order valence-corrected chi connectivity index (χ3v) is 2.33. The first-order valence-corrected chi connectivity index (χ1v) is 5.87. The van der Waals surface area contributed by atoms with Crippen molar-refractivity contribution in [3.05, 3.63) is 18.2 Å². The molecule has 4 nitrogen and oxygen atoms in total. The lowest BCUT2D eigenvalue weighted by Gasteiger charge is -2.17. The Bertz CT molecular complexity index is 399. The average molecular weight is 251 g/mol. The van der Waals surface area contributed by atoms with Crippen LogP contribution in [0.15, 0.2) is 18.2 Å². The quantitative estimate of drug-likeness (QED) is 0.894. The van der Waals surface area contributed by atoms with Crippen LogP contribution in [-0.4, -0.2) is 20.1 Å². The Labute approximate surface area is 108 Å². The third kappa shape index (κ3) is 4.65. The Morgan fingerprint density at radius 1 is 1.11 bits per heavy atom. The highest BCUT2D eigenvalue weighted by Crippen LogP contribution is 2.26. The number of amides is 1. The number of carbonyl (C=O) groups is 1. The normalized spacial score (nSPS) is 10.9. The molecule has 18 heavy (non-hydrogen) atoms. The number of hydrogen-bond acceptors (Lipinski definition) is 3. The van der Waals surface area contributed by atoms with Crippen LogP contribution in [0.25, 0.3) is 0 Å². The number of rotatable bonds is 4. The Balaban J connectivity index is 2.80. The maximum Gasteiger partial charge on any atom is 0.224 e. The summed E-state index contributed by atoms with van der Waals surface area (Å²) in [7, 11) is 3.16. The second-order valence-electron chi connectivity index (χ2n) is 5.39. The van der Waals surface area contributed by atoms with Gasteiger partial charge in [-0.1, -0.05) is 20.8 Å². The zero-order valence-electron chi connectivity index (χ0n) is 11.7. The van der Waals surface area contributed by atoms with E-state index in [9.17, 15) is 4.79 Å². The van der Waals surface area contributed by atoms with Crippen LogP contribution in [-0.2, 0) is 4.79 Å². The minimum absolute atomic E-state index is 0.0159. The summed E-state index contributed by atoms with van der Waals surface area (Å²) in [6.45, 7) is 6.08. The van der Waals surface area contributed by atoms with Gasteiger partial charge < -0.3 is 14.8 Å². The van der Waals surface area contributed by atoms with Gasteiger partial charge in [-0.15, -0.1) is 0 Å². The molecule has 1 amide bonds. The third-order valence-electron chi connectivity index (χ3n) is 2.33. The van der Waals surface area contributed by atoms with Crippen molar-refractivity contribution in [3.63, 3.8) is 0 Å². The van der Waals surface area contributed by atoms with E-state index in [0.29, 0.717) is 23.6 Å².